The van der Waals surface area contributed by atoms with E-state index >= 15 is 0 Å². The normalized spacial score (nSPS) is 13.8. The van der Waals surface area contributed by atoms with Crippen LogP contribution in [0.3, 0.4) is 0 Å². The van der Waals surface area contributed by atoms with E-state index in [1.165, 1.54) is 6.20 Å². The smallest absolute Gasteiger partial charge is 0.425 e. The van der Waals surface area contributed by atoms with Crippen LogP contribution in [0.4, 0.5) is 32.6 Å². The van der Waals surface area contributed by atoms with Crippen molar-refractivity contribution in [2.75, 3.05) is 10.2 Å². The lowest BCUT2D eigenvalue weighted by molar-refractivity contribution is 0.0428. The van der Waals surface area contributed by atoms with Gasteiger partial charge in [0.25, 0.3) is 0 Å². The van der Waals surface area contributed by atoms with E-state index in [1.54, 1.807) is 84.0 Å². The monoisotopic (exact) mass is 639 g/mol. The highest BCUT2D eigenvalue weighted by Crippen LogP contribution is 2.36. The lowest BCUT2D eigenvalue weighted by atomic mass is 10.1. The van der Waals surface area contributed by atoms with Crippen molar-refractivity contribution in [1.82, 2.24) is 15.0 Å². The fourth-order valence-electron chi connectivity index (χ4n) is 4.31. The van der Waals surface area contributed by atoms with E-state index in [4.69, 9.17) is 14.2 Å². The van der Waals surface area contributed by atoms with Crippen molar-refractivity contribution in [1.29, 1.82) is 0 Å². The van der Waals surface area contributed by atoms with Gasteiger partial charge in [0.15, 0.2) is 5.82 Å². The van der Waals surface area contributed by atoms with Gasteiger partial charge in [-0.05, 0) is 83.0 Å². The third-order valence-electron chi connectivity index (χ3n) is 6.29. The second-order valence-corrected chi connectivity index (χ2v) is 12.4. The third-order valence-corrected chi connectivity index (χ3v) is 6.29. The van der Waals surface area contributed by atoms with Crippen LogP contribution < -0.4 is 15.0 Å². The van der Waals surface area contributed by atoms with E-state index in [2.05, 4.69) is 30.5 Å². The van der Waals surface area contributed by atoms with Crippen molar-refractivity contribution >= 4 is 41.2 Å². The number of carbonyl (C=O) groups is 3. The Labute approximate surface area is 270 Å². The SMILES string of the molecule is CC(C)(C)OC(=O)N(C(=O)OC(C)(C)C)c1cc(-c2ccc(Nc3nc(OC4N=Nc5ccccc54)ncc3C(=O)O)cc2)ccn1. The predicted molar refractivity (Wildman–Crippen MR) is 171 cm³/mol. The zero-order chi connectivity index (χ0) is 33.9. The number of carbonyl (C=O) groups excluding carboxylic acids is 2. The fraction of sp³-hybridized carbons (Fsp3) is 0.273. The number of ether oxygens (including phenoxy) is 3. The first kappa shape index (κ1) is 32.5. The molecule has 0 aliphatic carbocycles. The molecule has 5 rings (SSSR count). The Morgan fingerprint density at radius 1 is 0.851 bits per heavy atom. The molecule has 0 spiro atoms. The van der Waals surface area contributed by atoms with E-state index in [0.29, 0.717) is 22.5 Å². The molecule has 2 amide bonds. The van der Waals surface area contributed by atoms with E-state index in [-0.39, 0.29) is 23.2 Å². The number of anilines is 3. The number of rotatable bonds is 7. The molecular formula is C33H33N7O7. The van der Waals surface area contributed by atoms with Crippen molar-refractivity contribution in [2.24, 2.45) is 10.2 Å². The van der Waals surface area contributed by atoms with Crippen LogP contribution in [0.1, 0.15) is 63.7 Å². The van der Waals surface area contributed by atoms with Gasteiger partial charge in [-0.25, -0.2) is 24.4 Å². The van der Waals surface area contributed by atoms with Crippen LogP contribution in [-0.2, 0) is 9.47 Å². The number of imide groups is 1. The minimum absolute atomic E-state index is 0.00929. The van der Waals surface area contributed by atoms with Crippen LogP contribution in [0.5, 0.6) is 6.01 Å². The van der Waals surface area contributed by atoms with Gasteiger partial charge in [0, 0.05) is 17.4 Å². The maximum atomic E-state index is 13.1. The Morgan fingerprint density at radius 2 is 1.51 bits per heavy atom. The van der Waals surface area contributed by atoms with Gasteiger partial charge in [-0.2, -0.15) is 15.0 Å². The maximum absolute atomic E-state index is 13.1. The molecule has 0 fully saturated rings. The molecular weight excluding hydrogens is 606 g/mol. The van der Waals surface area contributed by atoms with Crippen LogP contribution in [0.2, 0.25) is 0 Å². The van der Waals surface area contributed by atoms with Crippen molar-refractivity contribution in [3.8, 4) is 17.1 Å². The topological polar surface area (TPSA) is 178 Å². The zero-order valence-corrected chi connectivity index (χ0v) is 26.6. The Bertz CT molecular complexity index is 1820. The summed E-state index contributed by atoms with van der Waals surface area (Å²) in [6, 6.07) is 17.4. The summed E-state index contributed by atoms with van der Waals surface area (Å²) in [6.45, 7) is 10.1. The van der Waals surface area contributed by atoms with E-state index in [0.717, 1.165) is 16.7 Å². The average Bonchev–Trinajstić information content (AvgIpc) is 3.38. The zero-order valence-electron chi connectivity index (χ0n) is 26.6. The number of fused-ring (bicyclic) bond motifs is 1. The van der Waals surface area contributed by atoms with Gasteiger partial charge >= 0.3 is 24.2 Å². The molecule has 14 heteroatoms. The molecule has 14 nitrogen and oxygen atoms in total. The summed E-state index contributed by atoms with van der Waals surface area (Å²) < 4.78 is 16.7. The first-order valence-corrected chi connectivity index (χ1v) is 14.5. The van der Waals surface area contributed by atoms with Crippen molar-refractivity contribution in [3.05, 3.63) is 84.2 Å². The van der Waals surface area contributed by atoms with Crippen LogP contribution in [0, 0.1) is 0 Å². The number of aromatic nitrogens is 3. The van der Waals surface area contributed by atoms with Crippen LogP contribution in [0.15, 0.2) is 83.3 Å². The molecule has 1 aliphatic heterocycles. The van der Waals surface area contributed by atoms with Crippen LogP contribution in [0.25, 0.3) is 11.1 Å². The molecule has 2 aromatic heterocycles. The fourth-order valence-corrected chi connectivity index (χ4v) is 4.31. The van der Waals surface area contributed by atoms with Crippen molar-refractivity contribution in [2.45, 2.75) is 59.0 Å². The molecule has 1 aliphatic rings. The third kappa shape index (κ3) is 8.03. The molecule has 0 bridgehead atoms. The summed E-state index contributed by atoms with van der Waals surface area (Å²) in [7, 11) is 0. The number of benzene rings is 2. The lowest BCUT2D eigenvalue weighted by Crippen LogP contribution is -2.44. The second kappa shape index (κ2) is 12.8. The van der Waals surface area contributed by atoms with Gasteiger partial charge < -0.3 is 24.6 Å². The van der Waals surface area contributed by atoms with E-state index < -0.39 is 35.6 Å². The molecule has 47 heavy (non-hydrogen) atoms. The molecule has 4 aromatic rings. The minimum Gasteiger partial charge on any atom is -0.477 e. The Hall–Kier alpha value is -5.92. The summed E-state index contributed by atoms with van der Waals surface area (Å²) in [5.41, 5.74) is 1.36. The largest absolute Gasteiger partial charge is 0.477 e. The average molecular weight is 640 g/mol. The Kier molecular flexibility index (Phi) is 8.86. The van der Waals surface area contributed by atoms with Crippen LogP contribution >= 0.6 is 0 Å². The molecule has 2 N–H and O–H groups in total. The number of azo groups is 1. The molecule has 1 atom stereocenters. The molecule has 0 saturated carbocycles. The standard InChI is InChI=1S/C33H33N7O7/c1-32(2,3)46-30(43)40(31(44)47-33(4,5)6)25-17-20(15-16-34-25)19-11-13-21(14-12-19)36-26-23(28(41)42)18-35-29(37-26)45-27-22-9-7-8-10-24(22)38-39-27/h7-18,27H,1-6H3,(H,41,42)(H,35,36,37). The number of nitrogens with one attached hydrogen (secondary N) is 1. The highest BCUT2D eigenvalue weighted by atomic mass is 16.6. The van der Waals surface area contributed by atoms with Gasteiger partial charge in [0.2, 0.25) is 6.23 Å². The highest BCUT2D eigenvalue weighted by molar-refractivity contribution is 6.09. The summed E-state index contributed by atoms with van der Waals surface area (Å²) in [6.07, 6.45) is -0.0144. The predicted octanol–water partition coefficient (Wildman–Crippen LogP) is 7.83. The summed E-state index contributed by atoms with van der Waals surface area (Å²) in [5.74, 6) is -1.21. The van der Waals surface area contributed by atoms with E-state index in [1.807, 2.05) is 18.2 Å². The highest BCUT2D eigenvalue weighted by Gasteiger charge is 2.33. The van der Waals surface area contributed by atoms with Gasteiger partial charge in [0.1, 0.15) is 22.6 Å². The second-order valence-electron chi connectivity index (χ2n) is 12.4. The van der Waals surface area contributed by atoms with Crippen molar-refractivity contribution in [3.63, 3.8) is 0 Å². The van der Waals surface area contributed by atoms with Crippen LogP contribution in [-0.4, -0.2) is 49.4 Å². The molecule has 0 radical (unpaired) electrons. The van der Waals surface area contributed by atoms with Gasteiger partial charge in [-0.15, -0.1) is 5.11 Å². The number of amides is 2. The van der Waals surface area contributed by atoms with Gasteiger partial charge in [-0.1, -0.05) is 30.3 Å². The summed E-state index contributed by atoms with van der Waals surface area (Å²) in [4.78, 5) is 51.4. The number of pyridine rings is 1. The number of hydrogen-bond acceptors (Lipinski definition) is 12. The van der Waals surface area contributed by atoms with Gasteiger partial charge in [-0.3, -0.25) is 0 Å². The number of nitrogens with zero attached hydrogens (tertiary/aromatic N) is 6. The number of carboxylic acid groups (broad SMARTS) is 1. The lowest BCUT2D eigenvalue weighted by Gasteiger charge is -2.28. The van der Waals surface area contributed by atoms with Crippen molar-refractivity contribution < 1.29 is 33.7 Å². The number of hydrogen-bond donors (Lipinski definition) is 2. The minimum atomic E-state index is -1.23. The van der Waals surface area contributed by atoms with E-state index in [9.17, 15) is 19.5 Å². The molecule has 3 heterocycles. The molecule has 242 valence electrons. The summed E-state index contributed by atoms with van der Waals surface area (Å²) >= 11 is 0. The maximum Gasteiger partial charge on any atom is 0.425 e. The Morgan fingerprint density at radius 3 is 2.15 bits per heavy atom. The number of aromatic carboxylic acids is 1. The summed E-state index contributed by atoms with van der Waals surface area (Å²) in [5, 5.41) is 20.9. The Balaban J connectivity index is 1.38. The molecule has 0 saturated heterocycles. The van der Waals surface area contributed by atoms with Gasteiger partial charge in [0.05, 0.1) is 11.9 Å². The molecule has 2 aromatic carbocycles. The molecule has 1 unspecified atom stereocenters. The number of carboxylic acids is 1. The first-order valence-electron chi connectivity index (χ1n) is 14.5. The quantitative estimate of drug-likeness (QED) is 0.201. The first-order chi connectivity index (χ1) is 22.2.